The van der Waals surface area contributed by atoms with E-state index in [1.54, 1.807) is 6.92 Å². The summed E-state index contributed by atoms with van der Waals surface area (Å²) in [7, 11) is 0. The molecule has 1 aromatic carbocycles. The SMILES string of the molecule is Cc1ccc(-n2nc(C(=O)NCC(C)C(=O)O)c3c2CCC3)cc1. The Balaban J connectivity index is 1.87. The number of carboxylic acids is 1. The topological polar surface area (TPSA) is 84.2 Å². The minimum Gasteiger partial charge on any atom is -0.481 e. The van der Waals surface area contributed by atoms with Gasteiger partial charge in [-0.1, -0.05) is 24.6 Å². The van der Waals surface area contributed by atoms with Gasteiger partial charge in [0.25, 0.3) is 5.91 Å². The van der Waals surface area contributed by atoms with E-state index in [4.69, 9.17) is 5.11 Å². The molecule has 1 aliphatic rings. The van der Waals surface area contributed by atoms with Gasteiger partial charge >= 0.3 is 5.97 Å². The lowest BCUT2D eigenvalue weighted by Crippen LogP contribution is -2.32. The summed E-state index contributed by atoms with van der Waals surface area (Å²) in [4.78, 5) is 23.3. The van der Waals surface area contributed by atoms with Crippen molar-refractivity contribution >= 4 is 11.9 Å². The number of aliphatic carboxylic acids is 1. The Morgan fingerprint density at radius 2 is 2.00 bits per heavy atom. The molecule has 0 saturated heterocycles. The third-order valence-corrected chi connectivity index (χ3v) is 4.41. The predicted molar refractivity (Wildman–Crippen MR) is 89.5 cm³/mol. The third kappa shape index (κ3) is 3.04. The Bertz CT molecular complexity index is 778. The highest BCUT2D eigenvalue weighted by molar-refractivity contribution is 5.94. The third-order valence-electron chi connectivity index (χ3n) is 4.41. The number of benzene rings is 1. The number of nitrogens with one attached hydrogen (secondary N) is 1. The molecule has 0 aliphatic heterocycles. The molecule has 0 spiro atoms. The summed E-state index contributed by atoms with van der Waals surface area (Å²) in [6.45, 7) is 3.69. The summed E-state index contributed by atoms with van der Waals surface area (Å²) < 4.78 is 1.84. The number of carbonyl (C=O) groups is 2. The molecule has 1 amide bonds. The molecule has 1 unspecified atom stereocenters. The molecule has 0 radical (unpaired) electrons. The number of aromatic nitrogens is 2. The predicted octanol–water partition coefficient (Wildman–Crippen LogP) is 2.12. The lowest BCUT2D eigenvalue weighted by Gasteiger charge is -2.08. The van der Waals surface area contributed by atoms with Crippen LogP contribution in [0.3, 0.4) is 0 Å². The van der Waals surface area contributed by atoms with E-state index < -0.39 is 11.9 Å². The molecule has 126 valence electrons. The number of carbonyl (C=O) groups excluding carboxylic acids is 1. The van der Waals surface area contributed by atoms with Crippen molar-refractivity contribution in [2.24, 2.45) is 5.92 Å². The fraction of sp³-hybridized carbons (Fsp3) is 0.389. The summed E-state index contributed by atoms with van der Waals surface area (Å²) in [5.74, 6) is -1.85. The lowest BCUT2D eigenvalue weighted by molar-refractivity contribution is -0.140. The van der Waals surface area contributed by atoms with Crippen molar-refractivity contribution in [1.82, 2.24) is 15.1 Å². The van der Waals surface area contributed by atoms with Crippen LogP contribution in [0.1, 0.15) is 40.7 Å². The Kier molecular flexibility index (Phi) is 4.38. The van der Waals surface area contributed by atoms with Crippen molar-refractivity contribution in [3.05, 3.63) is 46.8 Å². The molecular formula is C18H21N3O3. The Morgan fingerprint density at radius 1 is 1.29 bits per heavy atom. The number of aryl methyl sites for hydroxylation is 1. The summed E-state index contributed by atoms with van der Waals surface area (Å²) in [5, 5.41) is 16.1. The van der Waals surface area contributed by atoms with E-state index in [9.17, 15) is 9.59 Å². The maximum absolute atomic E-state index is 12.5. The minimum atomic E-state index is -0.925. The number of fused-ring (bicyclic) bond motifs is 1. The first-order chi connectivity index (χ1) is 11.5. The van der Waals surface area contributed by atoms with Gasteiger partial charge in [0.05, 0.1) is 11.6 Å². The van der Waals surface area contributed by atoms with E-state index in [-0.39, 0.29) is 12.5 Å². The highest BCUT2D eigenvalue weighted by Crippen LogP contribution is 2.27. The second-order valence-electron chi connectivity index (χ2n) is 6.32. The molecule has 0 bridgehead atoms. The van der Waals surface area contributed by atoms with Gasteiger partial charge < -0.3 is 10.4 Å². The Morgan fingerprint density at radius 3 is 2.67 bits per heavy atom. The maximum atomic E-state index is 12.5. The molecule has 24 heavy (non-hydrogen) atoms. The first kappa shape index (κ1) is 16.2. The van der Waals surface area contributed by atoms with Gasteiger partial charge in [0.15, 0.2) is 5.69 Å². The van der Waals surface area contributed by atoms with Gasteiger partial charge in [-0.05, 0) is 38.3 Å². The lowest BCUT2D eigenvalue weighted by atomic mass is 10.1. The van der Waals surface area contributed by atoms with Gasteiger partial charge in [-0.15, -0.1) is 0 Å². The van der Waals surface area contributed by atoms with Crippen LogP contribution in [0.25, 0.3) is 5.69 Å². The summed E-state index contributed by atoms with van der Waals surface area (Å²) in [6.07, 6.45) is 2.73. The van der Waals surface area contributed by atoms with Gasteiger partial charge in [0.1, 0.15) is 0 Å². The molecular weight excluding hydrogens is 306 g/mol. The van der Waals surface area contributed by atoms with Crippen molar-refractivity contribution in [3.8, 4) is 5.69 Å². The molecule has 2 N–H and O–H groups in total. The van der Waals surface area contributed by atoms with Crippen molar-refractivity contribution < 1.29 is 14.7 Å². The van der Waals surface area contributed by atoms with E-state index in [1.807, 2.05) is 35.9 Å². The van der Waals surface area contributed by atoms with Gasteiger partial charge in [-0.3, -0.25) is 9.59 Å². The number of carboxylic acid groups (broad SMARTS) is 1. The van der Waals surface area contributed by atoms with E-state index in [2.05, 4.69) is 10.4 Å². The van der Waals surface area contributed by atoms with E-state index >= 15 is 0 Å². The van der Waals surface area contributed by atoms with E-state index in [0.717, 1.165) is 36.2 Å². The second kappa shape index (κ2) is 6.47. The fourth-order valence-electron chi connectivity index (χ4n) is 2.94. The van der Waals surface area contributed by atoms with Crippen LogP contribution in [0.5, 0.6) is 0 Å². The minimum absolute atomic E-state index is 0.0976. The zero-order valence-electron chi connectivity index (χ0n) is 13.9. The number of hydrogen-bond donors (Lipinski definition) is 2. The van der Waals surface area contributed by atoms with Crippen molar-refractivity contribution in [2.45, 2.75) is 33.1 Å². The maximum Gasteiger partial charge on any atom is 0.308 e. The average molecular weight is 327 g/mol. The first-order valence-corrected chi connectivity index (χ1v) is 8.16. The Labute approximate surface area is 140 Å². The smallest absolute Gasteiger partial charge is 0.308 e. The molecule has 1 aliphatic carbocycles. The number of amides is 1. The highest BCUT2D eigenvalue weighted by Gasteiger charge is 2.27. The summed E-state index contributed by atoms with van der Waals surface area (Å²) >= 11 is 0. The summed E-state index contributed by atoms with van der Waals surface area (Å²) in [6, 6.07) is 8.03. The summed E-state index contributed by atoms with van der Waals surface area (Å²) in [5.41, 5.74) is 4.59. The normalized spacial score (nSPS) is 14.2. The van der Waals surface area contributed by atoms with Crippen LogP contribution in [-0.4, -0.2) is 33.3 Å². The zero-order chi connectivity index (χ0) is 17.3. The van der Waals surface area contributed by atoms with E-state index in [0.29, 0.717) is 5.69 Å². The van der Waals surface area contributed by atoms with Crippen LogP contribution in [0, 0.1) is 12.8 Å². The van der Waals surface area contributed by atoms with Crippen molar-refractivity contribution in [1.29, 1.82) is 0 Å². The van der Waals surface area contributed by atoms with Crippen LogP contribution < -0.4 is 5.32 Å². The van der Waals surface area contributed by atoms with Crippen molar-refractivity contribution in [3.63, 3.8) is 0 Å². The quantitative estimate of drug-likeness (QED) is 0.881. The molecule has 0 fully saturated rings. The molecule has 3 rings (SSSR count). The van der Waals surface area contributed by atoms with Crippen LogP contribution in [-0.2, 0) is 17.6 Å². The monoisotopic (exact) mass is 327 g/mol. The highest BCUT2D eigenvalue weighted by atomic mass is 16.4. The molecule has 1 atom stereocenters. The second-order valence-corrected chi connectivity index (χ2v) is 6.32. The van der Waals surface area contributed by atoms with E-state index in [1.165, 1.54) is 5.56 Å². The van der Waals surface area contributed by atoms with Crippen LogP contribution in [0.15, 0.2) is 24.3 Å². The largest absolute Gasteiger partial charge is 0.481 e. The molecule has 0 saturated carbocycles. The number of hydrogen-bond acceptors (Lipinski definition) is 3. The van der Waals surface area contributed by atoms with Gasteiger partial charge in [-0.25, -0.2) is 4.68 Å². The molecule has 1 heterocycles. The first-order valence-electron chi connectivity index (χ1n) is 8.16. The fourth-order valence-corrected chi connectivity index (χ4v) is 2.94. The molecule has 6 heteroatoms. The van der Waals surface area contributed by atoms with Crippen LogP contribution in [0.4, 0.5) is 0 Å². The van der Waals surface area contributed by atoms with Gasteiger partial charge in [0, 0.05) is 17.8 Å². The van der Waals surface area contributed by atoms with Gasteiger partial charge in [-0.2, -0.15) is 5.10 Å². The number of nitrogens with zero attached hydrogens (tertiary/aromatic N) is 2. The molecule has 6 nitrogen and oxygen atoms in total. The van der Waals surface area contributed by atoms with Gasteiger partial charge in [0.2, 0.25) is 0 Å². The molecule has 1 aromatic heterocycles. The average Bonchev–Trinajstić information content (AvgIpc) is 3.15. The van der Waals surface area contributed by atoms with Crippen LogP contribution in [0.2, 0.25) is 0 Å². The standard InChI is InChI=1S/C18H21N3O3/c1-11-6-8-13(9-7-11)21-15-5-3-4-14(15)16(20-21)17(22)19-10-12(2)18(23)24/h6-9,12H,3-5,10H2,1-2H3,(H,19,22)(H,23,24). The van der Waals surface area contributed by atoms with Crippen LogP contribution >= 0.6 is 0 Å². The Hall–Kier alpha value is -2.63. The van der Waals surface area contributed by atoms with Crippen molar-refractivity contribution in [2.75, 3.05) is 6.54 Å². The molecule has 2 aromatic rings. The number of rotatable bonds is 5. The zero-order valence-corrected chi connectivity index (χ0v) is 13.9.